The average molecular weight is 252 g/mol. The van der Waals surface area contributed by atoms with Crippen LogP contribution in [0.1, 0.15) is 45.3 Å². The normalized spacial score (nSPS) is 16.2. The summed E-state index contributed by atoms with van der Waals surface area (Å²) in [6, 6.07) is 2.08. The molecular weight excluding hydrogens is 228 g/mol. The Hall–Kier alpha value is -1.36. The molecule has 5 nitrogen and oxygen atoms in total. The number of carbonyl (C=O) groups is 1. The van der Waals surface area contributed by atoms with Gasteiger partial charge in [0.05, 0.1) is 17.3 Å². The van der Waals surface area contributed by atoms with E-state index in [-0.39, 0.29) is 11.9 Å². The number of aryl methyl sites for hydroxylation is 1. The van der Waals surface area contributed by atoms with Crippen LogP contribution < -0.4 is 11.1 Å². The second kappa shape index (κ2) is 6.00. The minimum absolute atomic E-state index is 0.126. The van der Waals surface area contributed by atoms with E-state index in [9.17, 15) is 4.79 Å². The van der Waals surface area contributed by atoms with E-state index in [0.29, 0.717) is 6.42 Å². The van der Waals surface area contributed by atoms with Gasteiger partial charge in [-0.05, 0) is 46.2 Å². The molecule has 5 heteroatoms. The molecule has 0 bridgehead atoms. The molecule has 1 aromatic heterocycles. The summed E-state index contributed by atoms with van der Waals surface area (Å²) in [4.78, 5) is 11.6. The highest BCUT2D eigenvalue weighted by atomic mass is 16.1. The van der Waals surface area contributed by atoms with E-state index in [1.807, 2.05) is 37.7 Å². The molecule has 102 valence electrons. The van der Waals surface area contributed by atoms with Crippen LogP contribution in [0.5, 0.6) is 0 Å². The molecular formula is C13H24N4O. The SMILES string of the molecule is CCCNC(C)(CC(C)n1ccc(C)n1)C(N)=O. The van der Waals surface area contributed by atoms with E-state index in [1.54, 1.807) is 0 Å². The Morgan fingerprint density at radius 1 is 1.67 bits per heavy atom. The smallest absolute Gasteiger partial charge is 0.237 e. The Morgan fingerprint density at radius 3 is 2.78 bits per heavy atom. The molecule has 0 aliphatic heterocycles. The molecule has 0 aliphatic carbocycles. The summed E-state index contributed by atoms with van der Waals surface area (Å²) in [6.07, 6.45) is 3.53. The highest BCUT2D eigenvalue weighted by Crippen LogP contribution is 2.20. The fourth-order valence-electron chi connectivity index (χ4n) is 2.02. The fourth-order valence-corrected chi connectivity index (χ4v) is 2.02. The first-order chi connectivity index (χ1) is 8.39. The van der Waals surface area contributed by atoms with Crippen molar-refractivity contribution in [2.45, 2.75) is 52.1 Å². The van der Waals surface area contributed by atoms with Gasteiger partial charge in [-0.3, -0.25) is 9.48 Å². The molecule has 0 aromatic carbocycles. The monoisotopic (exact) mass is 252 g/mol. The molecule has 2 atom stereocenters. The van der Waals surface area contributed by atoms with Gasteiger partial charge in [-0.2, -0.15) is 5.10 Å². The van der Waals surface area contributed by atoms with Crippen molar-refractivity contribution in [3.8, 4) is 0 Å². The van der Waals surface area contributed by atoms with Gasteiger partial charge in [0.2, 0.25) is 5.91 Å². The number of hydrogen-bond donors (Lipinski definition) is 2. The maximum atomic E-state index is 11.6. The van der Waals surface area contributed by atoms with Crippen molar-refractivity contribution in [3.05, 3.63) is 18.0 Å². The zero-order valence-corrected chi connectivity index (χ0v) is 11.7. The molecule has 0 saturated heterocycles. The van der Waals surface area contributed by atoms with E-state index in [2.05, 4.69) is 17.3 Å². The van der Waals surface area contributed by atoms with E-state index >= 15 is 0 Å². The number of rotatable bonds is 7. The molecule has 0 fully saturated rings. The lowest BCUT2D eigenvalue weighted by molar-refractivity contribution is -0.124. The second-order valence-corrected chi connectivity index (χ2v) is 5.11. The molecule has 18 heavy (non-hydrogen) atoms. The lowest BCUT2D eigenvalue weighted by Gasteiger charge is -2.30. The average Bonchev–Trinajstić information content (AvgIpc) is 2.73. The zero-order valence-electron chi connectivity index (χ0n) is 11.7. The Morgan fingerprint density at radius 2 is 2.33 bits per heavy atom. The van der Waals surface area contributed by atoms with Crippen LogP contribution in [0, 0.1) is 6.92 Å². The largest absolute Gasteiger partial charge is 0.368 e. The van der Waals surface area contributed by atoms with Crippen molar-refractivity contribution >= 4 is 5.91 Å². The molecule has 0 saturated carbocycles. The van der Waals surface area contributed by atoms with E-state index < -0.39 is 5.54 Å². The van der Waals surface area contributed by atoms with Crippen molar-refractivity contribution in [1.82, 2.24) is 15.1 Å². The van der Waals surface area contributed by atoms with Crippen LogP contribution in [0.25, 0.3) is 0 Å². The summed E-state index contributed by atoms with van der Waals surface area (Å²) in [5, 5.41) is 7.61. The Balaban J connectivity index is 2.74. The van der Waals surface area contributed by atoms with Crippen LogP contribution in [-0.4, -0.2) is 27.8 Å². The maximum absolute atomic E-state index is 11.6. The van der Waals surface area contributed by atoms with Gasteiger partial charge in [-0.1, -0.05) is 6.92 Å². The van der Waals surface area contributed by atoms with Crippen molar-refractivity contribution in [2.75, 3.05) is 6.54 Å². The van der Waals surface area contributed by atoms with E-state index in [1.165, 1.54) is 0 Å². The molecule has 3 N–H and O–H groups in total. The quantitative estimate of drug-likeness (QED) is 0.770. The van der Waals surface area contributed by atoms with Gasteiger partial charge in [0.15, 0.2) is 0 Å². The second-order valence-electron chi connectivity index (χ2n) is 5.11. The molecule has 0 aliphatic rings. The molecule has 2 unspecified atom stereocenters. The van der Waals surface area contributed by atoms with Crippen LogP contribution in [0.2, 0.25) is 0 Å². The maximum Gasteiger partial charge on any atom is 0.237 e. The third-order valence-corrected chi connectivity index (χ3v) is 3.21. The number of carbonyl (C=O) groups excluding carboxylic acids is 1. The number of primary amides is 1. The lowest BCUT2D eigenvalue weighted by Crippen LogP contribution is -2.54. The van der Waals surface area contributed by atoms with Gasteiger partial charge in [0, 0.05) is 6.20 Å². The van der Waals surface area contributed by atoms with Crippen LogP contribution in [0.15, 0.2) is 12.3 Å². The van der Waals surface area contributed by atoms with Gasteiger partial charge in [0.25, 0.3) is 0 Å². The number of amides is 1. The minimum atomic E-state index is -0.685. The molecule has 1 aromatic rings. The van der Waals surface area contributed by atoms with Crippen molar-refractivity contribution in [2.24, 2.45) is 5.73 Å². The fraction of sp³-hybridized carbons (Fsp3) is 0.692. The van der Waals surface area contributed by atoms with Gasteiger partial charge >= 0.3 is 0 Å². The number of hydrogen-bond acceptors (Lipinski definition) is 3. The number of nitrogens with zero attached hydrogens (tertiary/aromatic N) is 2. The van der Waals surface area contributed by atoms with Gasteiger partial charge < -0.3 is 11.1 Å². The highest BCUT2D eigenvalue weighted by Gasteiger charge is 2.32. The van der Waals surface area contributed by atoms with Gasteiger partial charge in [-0.25, -0.2) is 0 Å². The van der Waals surface area contributed by atoms with E-state index in [0.717, 1.165) is 18.7 Å². The third kappa shape index (κ3) is 3.57. The molecule has 1 heterocycles. The lowest BCUT2D eigenvalue weighted by atomic mass is 9.92. The van der Waals surface area contributed by atoms with Crippen molar-refractivity contribution in [3.63, 3.8) is 0 Å². The number of nitrogens with one attached hydrogen (secondary N) is 1. The van der Waals surface area contributed by atoms with Crippen LogP contribution in [-0.2, 0) is 4.79 Å². The van der Waals surface area contributed by atoms with E-state index in [4.69, 9.17) is 5.73 Å². The summed E-state index contributed by atoms with van der Waals surface area (Å²) >= 11 is 0. The first kappa shape index (κ1) is 14.7. The summed E-state index contributed by atoms with van der Waals surface area (Å²) in [5.41, 5.74) is 5.80. The van der Waals surface area contributed by atoms with Crippen molar-refractivity contribution in [1.29, 1.82) is 0 Å². The molecule has 1 amide bonds. The Bertz CT molecular complexity index is 401. The van der Waals surface area contributed by atoms with Crippen molar-refractivity contribution < 1.29 is 4.79 Å². The van der Waals surface area contributed by atoms with Crippen LogP contribution >= 0.6 is 0 Å². The summed E-state index contributed by atoms with van der Waals surface area (Å²) in [6.45, 7) is 8.70. The minimum Gasteiger partial charge on any atom is -0.368 e. The van der Waals surface area contributed by atoms with Gasteiger partial charge in [0.1, 0.15) is 0 Å². The number of nitrogens with two attached hydrogens (primary N) is 1. The van der Waals surface area contributed by atoms with Crippen LogP contribution in [0.3, 0.4) is 0 Å². The Kier molecular flexibility index (Phi) is 4.90. The first-order valence-electron chi connectivity index (χ1n) is 6.45. The highest BCUT2D eigenvalue weighted by molar-refractivity contribution is 5.84. The topological polar surface area (TPSA) is 72.9 Å². The Labute approximate surface area is 109 Å². The zero-order chi connectivity index (χ0) is 13.8. The number of aromatic nitrogens is 2. The van der Waals surface area contributed by atoms with Crippen LogP contribution in [0.4, 0.5) is 0 Å². The van der Waals surface area contributed by atoms with Gasteiger partial charge in [-0.15, -0.1) is 0 Å². The predicted octanol–water partition coefficient (Wildman–Crippen LogP) is 1.39. The molecule has 0 radical (unpaired) electrons. The first-order valence-corrected chi connectivity index (χ1v) is 6.45. The summed E-state index contributed by atoms with van der Waals surface area (Å²) < 4.78 is 1.88. The standard InChI is InChI=1S/C13H24N4O/c1-5-7-15-13(4,12(14)18)9-11(3)17-8-6-10(2)16-17/h6,8,11,15H,5,7,9H2,1-4H3,(H2,14,18). The third-order valence-electron chi connectivity index (χ3n) is 3.21. The summed E-state index contributed by atoms with van der Waals surface area (Å²) in [5.74, 6) is -0.313. The predicted molar refractivity (Wildman–Crippen MR) is 72.2 cm³/mol. The summed E-state index contributed by atoms with van der Waals surface area (Å²) in [7, 11) is 0. The molecule has 1 rings (SSSR count). The molecule has 0 spiro atoms.